The molecule has 3 heteroatoms. The highest BCUT2D eigenvalue weighted by Crippen LogP contribution is 2.10. The van der Waals surface area contributed by atoms with Gasteiger partial charge in [-0.25, -0.2) is 4.39 Å². The number of halogens is 1. The maximum atomic E-state index is 13.0. The van der Waals surface area contributed by atoms with E-state index in [4.69, 9.17) is 10.4 Å². The number of hydrogen-bond donors (Lipinski definition) is 1. The lowest BCUT2D eigenvalue weighted by Crippen LogP contribution is -1.92. The highest BCUT2D eigenvalue weighted by atomic mass is 19.1. The number of aliphatic hydroxyl groups is 1. The summed E-state index contributed by atoms with van der Waals surface area (Å²) in [4.78, 5) is 0. The molecular weight excluding hydrogens is 169 g/mol. The summed E-state index contributed by atoms with van der Waals surface area (Å²) in [7, 11) is 0. The van der Waals surface area contributed by atoms with Crippen molar-refractivity contribution in [3.05, 3.63) is 35.1 Å². The van der Waals surface area contributed by atoms with Gasteiger partial charge in [-0.3, -0.25) is 0 Å². The lowest BCUT2D eigenvalue weighted by atomic mass is 10.1. The van der Waals surface area contributed by atoms with Gasteiger partial charge in [-0.15, -0.1) is 0 Å². The number of hydrogen-bond acceptors (Lipinski definition) is 2. The molecule has 0 saturated carbocycles. The molecule has 0 radical (unpaired) electrons. The maximum Gasteiger partial charge on any atom is 0.141 e. The number of nitriles is 1. The standard InChI is InChI=1S/C10H10FNO/c11-10-6-8(2-1-5-13)3-4-9(10)7-12/h3-4,6,13H,1-2,5H2. The fraction of sp³-hybridized carbons (Fsp3) is 0.300. The molecule has 2 nitrogen and oxygen atoms in total. The zero-order chi connectivity index (χ0) is 9.68. The van der Waals surface area contributed by atoms with Crippen LogP contribution in [-0.4, -0.2) is 11.7 Å². The second kappa shape index (κ2) is 4.58. The molecule has 0 bridgehead atoms. The van der Waals surface area contributed by atoms with Crippen molar-refractivity contribution in [2.45, 2.75) is 12.8 Å². The van der Waals surface area contributed by atoms with E-state index in [9.17, 15) is 4.39 Å². The van der Waals surface area contributed by atoms with Crippen molar-refractivity contribution in [2.24, 2.45) is 0 Å². The van der Waals surface area contributed by atoms with E-state index in [1.54, 1.807) is 12.1 Å². The second-order valence-electron chi connectivity index (χ2n) is 2.75. The van der Waals surface area contributed by atoms with Gasteiger partial charge < -0.3 is 5.11 Å². The molecule has 0 atom stereocenters. The van der Waals surface area contributed by atoms with E-state index >= 15 is 0 Å². The molecule has 1 aromatic carbocycles. The summed E-state index contributed by atoms with van der Waals surface area (Å²) < 4.78 is 13.0. The predicted molar refractivity (Wildman–Crippen MR) is 46.5 cm³/mol. The van der Waals surface area contributed by atoms with Crippen molar-refractivity contribution in [1.82, 2.24) is 0 Å². The van der Waals surface area contributed by atoms with Gasteiger partial charge in [-0.05, 0) is 30.5 Å². The van der Waals surface area contributed by atoms with Gasteiger partial charge >= 0.3 is 0 Å². The van der Waals surface area contributed by atoms with Gasteiger partial charge in [0.25, 0.3) is 0 Å². The zero-order valence-corrected chi connectivity index (χ0v) is 7.13. The van der Waals surface area contributed by atoms with Crippen molar-refractivity contribution in [1.29, 1.82) is 5.26 Å². The van der Waals surface area contributed by atoms with Crippen LogP contribution in [0.5, 0.6) is 0 Å². The number of rotatable bonds is 3. The average molecular weight is 179 g/mol. The minimum atomic E-state index is -0.488. The summed E-state index contributed by atoms with van der Waals surface area (Å²) in [6.45, 7) is 0.0988. The molecule has 1 aromatic rings. The maximum absolute atomic E-state index is 13.0. The van der Waals surface area contributed by atoms with Crippen molar-refractivity contribution in [3.63, 3.8) is 0 Å². The number of aliphatic hydroxyl groups excluding tert-OH is 1. The average Bonchev–Trinajstić information content (AvgIpc) is 2.15. The molecule has 0 amide bonds. The van der Waals surface area contributed by atoms with Crippen molar-refractivity contribution in [2.75, 3.05) is 6.61 Å². The minimum Gasteiger partial charge on any atom is -0.396 e. The molecule has 0 aliphatic rings. The summed E-state index contributed by atoms with van der Waals surface area (Å²) in [6, 6.07) is 6.26. The van der Waals surface area contributed by atoms with Gasteiger partial charge in [-0.1, -0.05) is 6.07 Å². The van der Waals surface area contributed by atoms with E-state index in [0.29, 0.717) is 12.8 Å². The summed E-state index contributed by atoms with van der Waals surface area (Å²) in [6.07, 6.45) is 1.25. The smallest absolute Gasteiger partial charge is 0.141 e. The number of benzene rings is 1. The third kappa shape index (κ3) is 2.53. The Balaban J connectivity index is 2.79. The van der Waals surface area contributed by atoms with Gasteiger partial charge in [0.1, 0.15) is 11.9 Å². The van der Waals surface area contributed by atoms with Gasteiger partial charge in [0.15, 0.2) is 0 Å². The van der Waals surface area contributed by atoms with Crippen LogP contribution >= 0.6 is 0 Å². The predicted octanol–water partition coefficient (Wildman–Crippen LogP) is 1.62. The molecular formula is C10H10FNO. The summed E-state index contributed by atoms with van der Waals surface area (Å²) in [5.41, 5.74) is 0.873. The van der Waals surface area contributed by atoms with Crippen LogP contribution in [0.15, 0.2) is 18.2 Å². The third-order valence-corrected chi connectivity index (χ3v) is 1.78. The van der Waals surface area contributed by atoms with E-state index in [1.807, 2.05) is 0 Å². The van der Waals surface area contributed by atoms with Crippen molar-refractivity contribution in [3.8, 4) is 6.07 Å². The Morgan fingerprint density at radius 1 is 1.46 bits per heavy atom. The van der Waals surface area contributed by atoms with Gasteiger partial charge in [0.05, 0.1) is 5.56 Å². The van der Waals surface area contributed by atoms with Crippen molar-refractivity contribution < 1.29 is 9.50 Å². The van der Waals surface area contributed by atoms with Crippen LogP contribution in [0, 0.1) is 17.1 Å². The fourth-order valence-corrected chi connectivity index (χ4v) is 1.09. The quantitative estimate of drug-likeness (QED) is 0.766. The Labute approximate surface area is 76.2 Å². The van der Waals surface area contributed by atoms with Crippen LogP contribution in [0.3, 0.4) is 0 Å². The largest absolute Gasteiger partial charge is 0.396 e. The van der Waals surface area contributed by atoms with E-state index in [-0.39, 0.29) is 12.2 Å². The molecule has 0 aliphatic carbocycles. The number of aryl methyl sites for hydroxylation is 1. The topological polar surface area (TPSA) is 44.0 Å². The van der Waals surface area contributed by atoms with Crippen LogP contribution < -0.4 is 0 Å². The Morgan fingerprint density at radius 3 is 2.77 bits per heavy atom. The summed E-state index contributed by atoms with van der Waals surface area (Å²) in [5.74, 6) is -0.488. The Bertz CT molecular complexity index is 330. The van der Waals surface area contributed by atoms with Crippen LogP contribution in [0.1, 0.15) is 17.5 Å². The molecule has 0 saturated heterocycles. The summed E-state index contributed by atoms with van der Waals surface area (Å²) >= 11 is 0. The highest BCUT2D eigenvalue weighted by molar-refractivity contribution is 5.33. The Hall–Kier alpha value is -1.40. The number of nitrogens with zero attached hydrogens (tertiary/aromatic N) is 1. The lowest BCUT2D eigenvalue weighted by Gasteiger charge is -2.00. The highest BCUT2D eigenvalue weighted by Gasteiger charge is 2.01. The van der Waals surface area contributed by atoms with E-state index in [2.05, 4.69) is 0 Å². The van der Waals surface area contributed by atoms with Crippen LogP contribution in [-0.2, 0) is 6.42 Å². The SMILES string of the molecule is N#Cc1ccc(CCCO)cc1F. The molecule has 0 aliphatic heterocycles. The van der Waals surface area contributed by atoms with Crippen LogP contribution in [0.2, 0.25) is 0 Å². The van der Waals surface area contributed by atoms with Gasteiger partial charge in [0, 0.05) is 6.61 Å². The molecule has 0 aromatic heterocycles. The molecule has 1 N–H and O–H groups in total. The first-order chi connectivity index (χ1) is 6.27. The first-order valence-corrected chi connectivity index (χ1v) is 4.07. The summed E-state index contributed by atoms with van der Waals surface area (Å²) in [5, 5.41) is 17.0. The van der Waals surface area contributed by atoms with Crippen molar-refractivity contribution >= 4 is 0 Å². The molecule has 68 valence electrons. The van der Waals surface area contributed by atoms with Crippen LogP contribution in [0.25, 0.3) is 0 Å². The van der Waals surface area contributed by atoms with Crippen LogP contribution in [0.4, 0.5) is 4.39 Å². The Kier molecular flexibility index (Phi) is 3.41. The molecule has 1 rings (SSSR count). The monoisotopic (exact) mass is 179 g/mol. The van der Waals surface area contributed by atoms with Gasteiger partial charge in [0.2, 0.25) is 0 Å². The first-order valence-electron chi connectivity index (χ1n) is 4.07. The van der Waals surface area contributed by atoms with E-state index < -0.39 is 5.82 Å². The second-order valence-corrected chi connectivity index (χ2v) is 2.75. The van der Waals surface area contributed by atoms with Gasteiger partial charge in [-0.2, -0.15) is 5.26 Å². The molecule has 0 heterocycles. The molecule has 0 unspecified atom stereocenters. The fourth-order valence-electron chi connectivity index (χ4n) is 1.09. The normalized spacial score (nSPS) is 9.62. The molecule has 0 spiro atoms. The molecule has 13 heavy (non-hydrogen) atoms. The minimum absolute atomic E-state index is 0.0627. The molecule has 0 fully saturated rings. The zero-order valence-electron chi connectivity index (χ0n) is 7.13. The van der Waals surface area contributed by atoms with E-state index in [0.717, 1.165) is 5.56 Å². The van der Waals surface area contributed by atoms with E-state index in [1.165, 1.54) is 12.1 Å². The first kappa shape index (κ1) is 9.69. The lowest BCUT2D eigenvalue weighted by molar-refractivity contribution is 0.288. The Morgan fingerprint density at radius 2 is 2.23 bits per heavy atom. The third-order valence-electron chi connectivity index (χ3n) is 1.78.